The largest absolute Gasteiger partial charge is 0.416 e. The van der Waals surface area contributed by atoms with E-state index < -0.39 is 17.6 Å². The predicted molar refractivity (Wildman–Crippen MR) is 127 cm³/mol. The molecule has 172 valence electrons. The Kier molecular flexibility index (Phi) is 7.03. The third-order valence-corrected chi connectivity index (χ3v) is 6.38. The van der Waals surface area contributed by atoms with Gasteiger partial charge in [-0.25, -0.2) is 4.98 Å². The molecule has 4 rings (SSSR count). The van der Waals surface area contributed by atoms with Crippen LogP contribution < -0.4 is 5.32 Å². The second kappa shape index (κ2) is 10.1. The van der Waals surface area contributed by atoms with E-state index in [9.17, 15) is 23.2 Å². The molecule has 3 aromatic rings. The predicted octanol–water partition coefficient (Wildman–Crippen LogP) is 6.36. The second-order valence-corrected chi connectivity index (χ2v) is 8.72. The van der Waals surface area contributed by atoms with Gasteiger partial charge in [0.1, 0.15) is 11.1 Å². The minimum Gasteiger partial charge on any atom is -0.325 e. The highest BCUT2D eigenvalue weighted by Gasteiger charge is 2.30. The van der Waals surface area contributed by atoms with Crippen molar-refractivity contribution in [1.82, 2.24) is 4.98 Å². The van der Waals surface area contributed by atoms with Crippen molar-refractivity contribution in [3.63, 3.8) is 0 Å². The molecule has 1 N–H and O–H groups in total. The number of nitrogens with zero attached hydrogens (tertiary/aromatic N) is 2. The molecule has 2 aromatic carbocycles. The number of aryl methyl sites for hydroxylation is 1. The van der Waals surface area contributed by atoms with Gasteiger partial charge in [0.2, 0.25) is 5.91 Å². The number of benzene rings is 2. The number of alkyl halides is 3. The lowest BCUT2D eigenvalue weighted by molar-refractivity contribution is -0.137. The highest BCUT2D eigenvalue weighted by Crippen LogP contribution is 2.34. The van der Waals surface area contributed by atoms with Crippen molar-refractivity contribution < 1.29 is 18.0 Å². The molecule has 34 heavy (non-hydrogen) atoms. The average Bonchev–Trinajstić information content (AvgIpc) is 3.29. The maximum absolute atomic E-state index is 12.9. The van der Waals surface area contributed by atoms with E-state index in [0.29, 0.717) is 10.6 Å². The first-order valence-corrected chi connectivity index (χ1v) is 11.6. The Bertz CT molecular complexity index is 1280. The maximum atomic E-state index is 12.9. The van der Waals surface area contributed by atoms with Crippen molar-refractivity contribution in [2.24, 2.45) is 0 Å². The number of carbonyl (C=O) groups is 1. The summed E-state index contributed by atoms with van der Waals surface area (Å²) in [5.41, 5.74) is 3.44. The Morgan fingerprint density at radius 1 is 1.12 bits per heavy atom. The molecule has 1 aromatic heterocycles. The number of rotatable bonds is 6. The van der Waals surface area contributed by atoms with E-state index in [-0.39, 0.29) is 11.4 Å². The molecule has 1 aliphatic carbocycles. The van der Waals surface area contributed by atoms with Gasteiger partial charge in [-0.15, -0.1) is 0 Å². The standard InChI is InChI=1S/C26H20F3N3OS/c27-26(28,29)18-8-4-9-19(14-18)31-24(33)16-34-25-22(15-30)20(21-10-5-11-23(21)32-25)13-12-17-6-2-1-3-7-17/h1-4,6-9,12-14H,5,10-11,16H2,(H,31,33)/b13-12+. The molecule has 1 aliphatic rings. The van der Waals surface area contributed by atoms with E-state index in [2.05, 4.69) is 16.4 Å². The lowest BCUT2D eigenvalue weighted by Crippen LogP contribution is -2.15. The summed E-state index contributed by atoms with van der Waals surface area (Å²) in [4.78, 5) is 17.1. The lowest BCUT2D eigenvalue weighted by atomic mass is 10.0. The number of hydrogen-bond donors (Lipinski definition) is 1. The molecule has 0 unspecified atom stereocenters. The van der Waals surface area contributed by atoms with Crippen molar-refractivity contribution in [3.05, 3.63) is 88.1 Å². The Morgan fingerprint density at radius 2 is 1.91 bits per heavy atom. The Morgan fingerprint density at radius 3 is 2.65 bits per heavy atom. The van der Waals surface area contributed by atoms with Crippen molar-refractivity contribution >= 4 is 35.5 Å². The summed E-state index contributed by atoms with van der Waals surface area (Å²) < 4.78 is 38.7. The van der Waals surface area contributed by atoms with Crippen molar-refractivity contribution in [3.8, 4) is 6.07 Å². The van der Waals surface area contributed by atoms with Crippen LogP contribution in [0.15, 0.2) is 59.6 Å². The first-order valence-electron chi connectivity index (χ1n) is 10.6. The summed E-state index contributed by atoms with van der Waals surface area (Å²) in [5.74, 6) is -0.560. The first-order chi connectivity index (χ1) is 16.3. The van der Waals surface area contributed by atoms with Gasteiger partial charge in [-0.1, -0.05) is 60.3 Å². The molecule has 0 bridgehead atoms. The highest BCUT2D eigenvalue weighted by molar-refractivity contribution is 8.00. The number of pyridine rings is 1. The van der Waals surface area contributed by atoms with Gasteiger partial charge in [0.25, 0.3) is 0 Å². The van der Waals surface area contributed by atoms with Gasteiger partial charge in [0.05, 0.1) is 16.9 Å². The number of nitriles is 1. The van der Waals surface area contributed by atoms with E-state index in [1.54, 1.807) is 0 Å². The van der Waals surface area contributed by atoms with Gasteiger partial charge >= 0.3 is 6.18 Å². The molecule has 0 spiro atoms. The topological polar surface area (TPSA) is 65.8 Å². The SMILES string of the molecule is N#Cc1c(SCC(=O)Nc2cccc(C(F)(F)F)c2)nc2c(c1/C=C/c1ccccc1)CCC2. The second-order valence-electron chi connectivity index (χ2n) is 7.76. The van der Waals surface area contributed by atoms with Gasteiger partial charge in [0, 0.05) is 11.4 Å². The molecule has 0 saturated heterocycles. The summed E-state index contributed by atoms with van der Waals surface area (Å²) in [6.07, 6.45) is 1.97. The number of hydrogen-bond acceptors (Lipinski definition) is 4. The van der Waals surface area contributed by atoms with E-state index in [4.69, 9.17) is 0 Å². The van der Waals surface area contributed by atoms with Crippen molar-refractivity contribution in [2.75, 3.05) is 11.1 Å². The molecule has 8 heteroatoms. The minimum atomic E-state index is -4.49. The number of halogens is 3. The summed E-state index contributed by atoms with van der Waals surface area (Å²) in [5, 5.41) is 12.8. The highest BCUT2D eigenvalue weighted by atomic mass is 32.2. The number of aromatic nitrogens is 1. The molecule has 0 saturated carbocycles. The van der Waals surface area contributed by atoms with Gasteiger partial charge in [-0.2, -0.15) is 18.4 Å². The number of fused-ring (bicyclic) bond motifs is 1. The van der Waals surface area contributed by atoms with Crippen LogP contribution in [-0.2, 0) is 23.8 Å². The summed E-state index contributed by atoms with van der Waals surface area (Å²) in [6, 6.07) is 16.5. The molecular formula is C26H20F3N3OS. The van der Waals surface area contributed by atoms with Crippen LogP contribution in [0.1, 0.15) is 39.9 Å². The normalized spacial score (nSPS) is 13.0. The van der Waals surface area contributed by atoms with Crippen LogP contribution in [0.5, 0.6) is 0 Å². The molecule has 1 heterocycles. The van der Waals surface area contributed by atoms with E-state index in [1.807, 2.05) is 42.5 Å². The van der Waals surface area contributed by atoms with E-state index >= 15 is 0 Å². The monoisotopic (exact) mass is 479 g/mol. The lowest BCUT2D eigenvalue weighted by Gasteiger charge is -2.12. The summed E-state index contributed by atoms with van der Waals surface area (Å²) in [7, 11) is 0. The van der Waals surface area contributed by atoms with Crippen LogP contribution in [0.3, 0.4) is 0 Å². The number of anilines is 1. The smallest absolute Gasteiger partial charge is 0.325 e. The zero-order valence-corrected chi connectivity index (χ0v) is 18.8. The molecule has 0 radical (unpaired) electrons. The van der Waals surface area contributed by atoms with Gasteiger partial charge in [-0.3, -0.25) is 4.79 Å². The quantitative estimate of drug-likeness (QED) is 0.418. The number of carbonyl (C=O) groups excluding carboxylic acids is 1. The van der Waals surface area contributed by atoms with Crippen molar-refractivity contribution in [2.45, 2.75) is 30.5 Å². The minimum absolute atomic E-state index is 0.0642. The van der Waals surface area contributed by atoms with Gasteiger partial charge in [0.15, 0.2) is 0 Å². The van der Waals surface area contributed by atoms with Crippen LogP contribution in [0, 0.1) is 11.3 Å². The molecule has 0 aliphatic heterocycles. The van der Waals surface area contributed by atoms with Gasteiger partial charge in [-0.05, 0) is 54.2 Å². The summed E-state index contributed by atoms with van der Waals surface area (Å²) >= 11 is 1.11. The summed E-state index contributed by atoms with van der Waals surface area (Å²) in [6.45, 7) is 0. The molecular weight excluding hydrogens is 459 g/mol. The maximum Gasteiger partial charge on any atom is 0.416 e. The fourth-order valence-electron chi connectivity index (χ4n) is 3.83. The average molecular weight is 480 g/mol. The van der Waals surface area contributed by atoms with E-state index in [1.165, 1.54) is 12.1 Å². The Labute approximate surface area is 199 Å². The fourth-order valence-corrected chi connectivity index (χ4v) is 4.64. The number of thioether (sulfide) groups is 1. The Hall–Kier alpha value is -3.57. The third-order valence-electron chi connectivity index (χ3n) is 5.40. The zero-order chi connectivity index (χ0) is 24.1. The third kappa shape index (κ3) is 5.49. The van der Waals surface area contributed by atoms with E-state index in [0.717, 1.165) is 65.5 Å². The zero-order valence-electron chi connectivity index (χ0n) is 18.0. The van der Waals surface area contributed by atoms with Crippen LogP contribution >= 0.6 is 11.8 Å². The Balaban J connectivity index is 1.54. The molecule has 0 atom stereocenters. The van der Waals surface area contributed by atoms with Crippen molar-refractivity contribution in [1.29, 1.82) is 5.26 Å². The first kappa shape index (κ1) is 23.6. The van der Waals surface area contributed by atoms with Crippen LogP contribution in [0.25, 0.3) is 12.2 Å². The number of amides is 1. The molecule has 1 amide bonds. The van der Waals surface area contributed by atoms with Crippen LogP contribution in [0.2, 0.25) is 0 Å². The molecule has 0 fully saturated rings. The molecule has 4 nitrogen and oxygen atoms in total. The van der Waals surface area contributed by atoms with Crippen LogP contribution in [-0.4, -0.2) is 16.6 Å². The number of nitrogens with one attached hydrogen (secondary N) is 1. The van der Waals surface area contributed by atoms with Gasteiger partial charge < -0.3 is 5.32 Å². The van der Waals surface area contributed by atoms with Crippen LogP contribution in [0.4, 0.5) is 18.9 Å². The fraction of sp³-hybridized carbons (Fsp3) is 0.192.